The lowest BCUT2D eigenvalue weighted by Crippen LogP contribution is -2.50. The largest absolute Gasteiger partial charge is 0.497 e. The van der Waals surface area contributed by atoms with E-state index < -0.39 is 28.1 Å². The molecule has 11 nitrogen and oxygen atoms in total. The zero-order valence-corrected chi connectivity index (χ0v) is 25.9. The van der Waals surface area contributed by atoms with Crippen molar-refractivity contribution in [2.24, 2.45) is 5.92 Å². The first-order chi connectivity index (χ1) is 20.4. The van der Waals surface area contributed by atoms with Crippen LogP contribution in [-0.4, -0.2) is 81.3 Å². The summed E-state index contributed by atoms with van der Waals surface area (Å²) in [7, 11) is -0.769. The van der Waals surface area contributed by atoms with E-state index in [0.29, 0.717) is 16.5 Å². The summed E-state index contributed by atoms with van der Waals surface area (Å²) in [4.78, 5) is 29.7. The normalized spacial score (nSPS) is 17.5. The number of likely N-dealkylation sites (N-methyl/N-ethyl adjacent to an activating group) is 1. The fourth-order valence-corrected chi connectivity index (χ4v) is 5.75. The first kappa shape index (κ1) is 31.9. The predicted molar refractivity (Wildman–Crippen MR) is 165 cm³/mol. The molecule has 0 radical (unpaired) electrons. The fraction of sp³-hybridized carbons (Fsp3) is 0.333. The van der Waals surface area contributed by atoms with Crippen molar-refractivity contribution in [1.29, 1.82) is 0 Å². The quantitative estimate of drug-likeness (QED) is 0.316. The molecule has 230 valence electrons. The Kier molecular flexibility index (Phi) is 10.0. The number of carbonyl (C=O) groups is 2. The van der Waals surface area contributed by atoms with Gasteiger partial charge in [-0.05, 0) is 73.7 Å². The number of hydrogen-bond acceptors (Lipinski definition) is 7. The highest BCUT2D eigenvalue weighted by Crippen LogP contribution is 2.31. The van der Waals surface area contributed by atoms with E-state index in [1.54, 1.807) is 45.3 Å². The van der Waals surface area contributed by atoms with Crippen molar-refractivity contribution in [3.05, 3.63) is 77.3 Å². The molecular weight excluding hydrogens is 596 g/mol. The molecule has 3 atom stereocenters. The van der Waals surface area contributed by atoms with E-state index in [2.05, 4.69) is 10.0 Å². The molecule has 4 rings (SSSR count). The molecule has 3 amide bonds. The van der Waals surface area contributed by atoms with E-state index in [1.807, 2.05) is 6.92 Å². The summed E-state index contributed by atoms with van der Waals surface area (Å²) in [5.74, 6) is 0.249. The molecule has 3 aromatic rings. The van der Waals surface area contributed by atoms with Gasteiger partial charge in [0.25, 0.3) is 15.9 Å². The van der Waals surface area contributed by atoms with Gasteiger partial charge in [-0.25, -0.2) is 13.2 Å². The summed E-state index contributed by atoms with van der Waals surface area (Å²) in [6, 6.07) is 16.2. The summed E-state index contributed by atoms with van der Waals surface area (Å²) in [5.41, 5.74) is 0.874. The number of hydrogen-bond donors (Lipinski definition) is 3. The maximum absolute atomic E-state index is 13.7. The Morgan fingerprint density at radius 3 is 2.42 bits per heavy atom. The van der Waals surface area contributed by atoms with Crippen molar-refractivity contribution in [2.45, 2.75) is 30.9 Å². The highest BCUT2D eigenvalue weighted by Gasteiger charge is 2.34. The van der Waals surface area contributed by atoms with E-state index in [9.17, 15) is 23.1 Å². The number of amides is 3. The maximum Gasteiger partial charge on any atom is 0.321 e. The summed E-state index contributed by atoms with van der Waals surface area (Å²) in [6.07, 6.45) is -0.538. The average molecular weight is 631 g/mol. The molecule has 3 aromatic carbocycles. The van der Waals surface area contributed by atoms with E-state index in [-0.39, 0.29) is 53.5 Å². The Balaban J connectivity index is 1.59. The number of nitrogens with one attached hydrogen (secondary N) is 2. The Bertz CT molecular complexity index is 1550. The third kappa shape index (κ3) is 7.70. The van der Waals surface area contributed by atoms with Crippen molar-refractivity contribution in [1.82, 2.24) is 9.80 Å². The van der Waals surface area contributed by atoms with Crippen LogP contribution in [0.1, 0.15) is 24.2 Å². The molecule has 1 aliphatic heterocycles. The SMILES string of the molecule is COc1ccc(NC(=O)N(C)C[C@@H]2Oc3ccc(NS(=O)(=O)c4ccc(Cl)cc4)cc3C(=O)N([C@@H](C)CO)C[C@H]2C)cc1. The number of sulfonamides is 1. The number of benzene rings is 3. The molecule has 1 aliphatic rings. The molecule has 0 aliphatic carbocycles. The minimum Gasteiger partial charge on any atom is -0.497 e. The molecule has 1 heterocycles. The topological polar surface area (TPSA) is 138 Å². The van der Waals surface area contributed by atoms with E-state index >= 15 is 0 Å². The Labute approximate surface area is 256 Å². The van der Waals surface area contributed by atoms with E-state index in [0.717, 1.165) is 0 Å². The summed E-state index contributed by atoms with van der Waals surface area (Å²) >= 11 is 5.90. The summed E-state index contributed by atoms with van der Waals surface area (Å²) in [6.45, 7) is 3.78. The minimum absolute atomic E-state index is 0.00610. The number of rotatable bonds is 9. The third-order valence-corrected chi connectivity index (χ3v) is 8.83. The standard InChI is InChI=1S/C30H35ClN4O7S/c1-19-16-35(20(2)18-36)29(37)26-15-23(33-43(39,40)25-12-5-21(31)6-13-25)9-14-27(26)42-28(19)17-34(3)30(38)32-22-7-10-24(41-4)11-8-22/h5-15,19-20,28,33,36H,16-18H2,1-4H3,(H,32,38)/t19-,20+,28+/m1/s1. The number of anilines is 2. The molecule has 3 N–H and O–H groups in total. The number of methoxy groups -OCH3 is 1. The van der Waals surface area contributed by atoms with Crippen LogP contribution < -0.4 is 19.5 Å². The van der Waals surface area contributed by atoms with Gasteiger partial charge in [0.15, 0.2) is 0 Å². The molecule has 0 unspecified atom stereocenters. The van der Waals surface area contributed by atoms with E-state index in [1.165, 1.54) is 52.3 Å². The second kappa shape index (κ2) is 13.5. The van der Waals surface area contributed by atoms with Crippen LogP contribution in [0.2, 0.25) is 5.02 Å². The Morgan fingerprint density at radius 2 is 1.79 bits per heavy atom. The van der Waals surface area contributed by atoms with Gasteiger partial charge < -0.3 is 29.7 Å². The lowest BCUT2D eigenvalue weighted by molar-refractivity contribution is 0.0371. The van der Waals surface area contributed by atoms with Gasteiger partial charge in [0.2, 0.25) is 0 Å². The van der Waals surface area contributed by atoms with Crippen molar-refractivity contribution < 1.29 is 32.6 Å². The average Bonchev–Trinajstić information content (AvgIpc) is 2.99. The monoisotopic (exact) mass is 630 g/mol. The molecule has 0 bridgehead atoms. The molecule has 0 fully saturated rings. The van der Waals surface area contributed by atoms with Crippen molar-refractivity contribution in [2.75, 3.05) is 43.9 Å². The van der Waals surface area contributed by atoms with Gasteiger partial charge in [-0.3, -0.25) is 9.52 Å². The zero-order chi connectivity index (χ0) is 31.3. The van der Waals surface area contributed by atoms with Crippen LogP contribution in [-0.2, 0) is 10.0 Å². The molecule has 0 aromatic heterocycles. The number of urea groups is 1. The maximum atomic E-state index is 13.7. The molecular formula is C30H35ClN4O7S. The molecule has 0 spiro atoms. The number of halogens is 1. The minimum atomic E-state index is -3.97. The van der Waals surface area contributed by atoms with Crippen LogP contribution in [0.4, 0.5) is 16.2 Å². The Hall–Kier alpha value is -4.00. The molecule has 0 saturated heterocycles. The van der Waals surface area contributed by atoms with Gasteiger partial charge in [-0.1, -0.05) is 18.5 Å². The van der Waals surface area contributed by atoms with E-state index in [4.69, 9.17) is 21.1 Å². The van der Waals surface area contributed by atoms with Gasteiger partial charge in [0, 0.05) is 35.9 Å². The molecule has 13 heteroatoms. The van der Waals surface area contributed by atoms with Crippen LogP contribution in [0, 0.1) is 5.92 Å². The summed E-state index contributed by atoms with van der Waals surface area (Å²) in [5, 5.41) is 13.2. The molecule has 0 saturated carbocycles. The third-order valence-electron chi connectivity index (χ3n) is 7.18. The highest BCUT2D eigenvalue weighted by molar-refractivity contribution is 7.92. The number of nitrogens with zero attached hydrogens (tertiary/aromatic N) is 2. The van der Waals surface area contributed by atoms with Gasteiger partial charge in [-0.2, -0.15) is 0 Å². The van der Waals surface area contributed by atoms with Gasteiger partial charge in [0.1, 0.15) is 17.6 Å². The zero-order valence-electron chi connectivity index (χ0n) is 24.3. The number of aliphatic hydroxyl groups excluding tert-OH is 1. The second-order valence-corrected chi connectivity index (χ2v) is 12.6. The molecule has 43 heavy (non-hydrogen) atoms. The van der Waals surface area contributed by atoms with Crippen molar-refractivity contribution in [3.63, 3.8) is 0 Å². The van der Waals surface area contributed by atoms with Gasteiger partial charge in [0.05, 0.1) is 36.8 Å². The lowest BCUT2D eigenvalue weighted by atomic mass is 9.99. The van der Waals surface area contributed by atoms with Crippen LogP contribution in [0.3, 0.4) is 0 Å². The lowest BCUT2D eigenvalue weighted by Gasteiger charge is -2.38. The van der Waals surface area contributed by atoms with Crippen LogP contribution >= 0.6 is 11.6 Å². The van der Waals surface area contributed by atoms with Crippen LogP contribution in [0.15, 0.2) is 71.6 Å². The first-order valence-electron chi connectivity index (χ1n) is 13.6. The number of fused-ring (bicyclic) bond motifs is 1. The number of ether oxygens (including phenoxy) is 2. The summed E-state index contributed by atoms with van der Waals surface area (Å²) < 4.78 is 40.0. The predicted octanol–water partition coefficient (Wildman–Crippen LogP) is 4.53. The van der Waals surface area contributed by atoms with Crippen molar-refractivity contribution in [3.8, 4) is 11.5 Å². The fourth-order valence-electron chi connectivity index (χ4n) is 4.58. The number of carbonyl (C=O) groups excluding carboxylic acids is 2. The Morgan fingerprint density at radius 1 is 1.14 bits per heavy atom. The van der Waals surface area contributed by atoms with Gasteiger partial charge in [-0.15, -0.1) is 0 Å². The first-order valence-corrected chi connectivity index (χ1v) is 15.4. The van der Waals surface area contributed by atoms with Gasteiger partial charge >= 0.3 is 6.03 Å². The second-order valence-electron chi connectivity index (χ2n) is 10.4. The highest BCUT2D eigenvalue weighted by atomic mass is 35.5. The smallest absolute Gasteiger partial charge is 0.321 e. The van der Waals surface area contributed by atoms with Crippen LogP contribution in [0.25, 0.3) is 0 Å². The van der Waals surface area contributed by atoms with Crippen molar-refractivity contribution >= 4 is 44.9 Å². The number of aliphatic hydroxyl groups is 1. The van der Waals surface area contributed by atoms with Crippen LogP contribution in [0.5, 0.6) is 11.5 Å².